The topological polar surface area (TPSA) is 32.3 Å². The molecule has 1 aromatic rings. The Morgan fingerprint density at radius 1 is 1.62 bits per heavy atom. The van der Waals surface area contributed by atoms with Gasteiger partial charge >= 0.3 is 0 Å². The number of hydrogen-bond acceptors (Lipinski definition) is 2. The van der Waals surface area contributed by atoms with Crippen molar-refractivity contribution in [1.29, 1.82) is 0 Å². The summed E-state index contributed by atoms with van der Waals surface area (Å²) in [6.07, 6.45) is -0.515. The lowest BCUT2D eigenvalue weighted by atomic mass is 10.3. The lowest BCUT2D eigenvalue weighted by Crippen LogP contribution is -2.16. The summed E-state index contributed by atoms with van der Waals surface area (Å²) < 4.78 is 13.2. The largest absolute Gasteiger partial charge is 0.392 e. The number of rotatable bonds is 3. The maximum Gasteiger partial charge on any atom is 0.164 e. The molecule has 0 saturated heterocycles. The van der Waals surface area contributed by atoms with E-state index in [0.29, 0.717) is 12.2 Å². The van der Waals surface area contributed by atoms with Crippen molar-refractivity contribution in [3.63, 3.8) is 0 Å². The second-order valence-corrected chi connectivity index (χ2v) is 3.24. The molecule has 0 radical (unpaired) electrons. The first-order chi connectivity index (χ1) is 6.11. The zero-order chi connectivity index (χ0) is 9.84. The molecule has 0 aliphatic carbocycles. The van der Waals surface area contributed by atoms with E-state index in [9.17, 15) is 4.39 Å². The molecule has 2 nitrogen and oxygen atoms in total. The number of halogens is 2. The normalized spacial score (nSPS) is 12.6. The minimum atomic E-state index is -0.515. The second-order valence-electron chi connectivity index (χ2n) is 2.83. The van der Waals surface area contributed by atoms with E-state index in [1.807, 2.05) is 0 Å². The Kier molecular flexibility index (Phi) is 3.51. The number of aliphatic hydroxyl groups excluding tert-OH is 1. The van der Waals surface area contributed by atoms with Gasteiger partial charge in [-0.1, -0.05) is 17.7 Å². The molecule has 0 aliphatic heterocycles. The molecule has 1 rings (SSSR count). The molecule has 1 atom stereocenters. The van der Waals surface area contributed by atoms with E-state index in [1.165, 1.54) is 6.07 Å². The van der Waals surface area contributed by atoms with Crippen LogP contribution in [0, 0.1) is 5.82 Å². The summed E-state index contributed by atoms with van der Waals surface area (Å²) in [5.41, 5.74) is 0.313. The van der Waals surface area contributed by atoms with Crippen LogP contribution in [-0.4, -0.2) is 17.8 Å². The summed E-state index contributed by atoms with van der Waals surface area (Å²) >= 11 is 5.55. The predicted molar refractivity (Wildman–Crippen MR) is 51.6 cm³/mol. The first-order valence-electron chi connectivity index (χ1n) is 3.97. The fourth-order valence-corrected chi connectivity index (χ4v) is 1.07. The summed E-state index contributed by atoms with van der Waals surface area (Å²) in [4.78, 5) is 0. The highest BCUT2D eigenvalue weighted by Crippen LogP contribution is 2.21. The van der Waals surface area contributed by atoms with Gasteiger partial charge in [0.25, 0.3) is 0 Å². The van der Waals surface area contributed by atoms with Gasteiger partial charge in [-0.25, -0.2) is 4.39 Å². The van der Waals surface area contributed by atoms with Crippen LogP contribution in [0.15, 0.2) is 18.2 Å². The second kappa shape index (κ2) is 4.44. The maximum absolute atomic E-state index is 13.2. The predicted octanol–water partition coefficient (Wildman–Crippen LogP) is 2.27. The van der Waals surface area contributed by atoms with E-state index in [4.69, 9.17) is 16.7 Å². The van der Waals surface area contributed by atoms with Crippen molar-refractivity contribution in [2.24, 2.45) is 0 Å². The Hall–Kier alpha value is -0.800. The molecular formula is C9H11ClFNO. The van der Waals surface area contributed by atoms with Crippen molar-refractivity contribution < 1.29 is 9.50 Å². The Balaban J connectivity index is 2.71. The SMILES string of the molecule is C[C@@H](O)CNc1cccc(Cl)c1F. The molecular weight excluding hydrogens is 193 g/mol. The van der Waals surface area contributed by atoms with Gasteiger partial charge in [0.15, 0.2) is 5.82 Å². The van der Waals surface area contributed by atoms with Crippen LogP contribution in [0.2, 0.25) is 5.02 Å². The Morgan fingerprint density at radius 3 is 2.92 bits per heavy atom. The van der Waals surface area contributed by atoms with Gasteiger partial charge in [0, 0.05) is 6.54 Å². The first kappa shape index (κ1) is 10.3. The Labute approximate surface area is 81.3 Å². The fraction of sp³-hybridized carbons (Fsp3) is 0.333. The van der Waals surface area contributed by atoms with Gasteiger partial charge in [-0.2, -0.15) is 0 Å². The van der Waals surface area contributed by atoms with Crippen LogP contribution in [0.4, 0.5) is 10.1 Å². The molecule has 72 valence electrons. The fourth-order valence-electron chi connectivity index (χ4n) is 0.898. The molecule has 0 aromatic heterocycles. The molecule has 1 aromatic carbocycles. The molecule has 0 heterocycles. The number of anilines is 1. The van der Waals surface area contributed by atoms with Crippen LogP contribution in [-0.2, 0) is 0 Å². The van der Waals surface area contributed by atoms with E-state index in [2.05, 4.69) is 5.32 Å². The summed E-state index contributed by atoms with van der Waals surface area (Å²) in [6, 6.07) is 4.70. The highest BCUT2D eigenvalue weighted by molar-refractivity contribution is 6.31. The standard InChI is InChI=1S/C9H11ClFNO/c1-6(13)5-12-8-4-2-3-7(10)9(8)11/h2-4,6,12-13H,5H2,1H3/t6-/m1/s1. The molecule has 0 bridgehead atoms. The van der Waals surface area contributed by atoms with Crippen molar-refractivity contribution in [3.05, 3.63) is 29.0 Å². The van der Waals surface area contributed by atoms with Crippen LogP contribution >= 0.6 is 11.6 Å². The van der Waals surface area contributed by atoms with Crippen LogP contribution in [0.25, 0.3) is 0 Å². The number of hydrogen-bond donors (Lipinski definition) is 2. The van der Waals surface area contributed by atoms with Crippen molar-refractivity contribution >= 4 is 17.3 Å². The highest BCUT2D eigenvalue weighted by atomic mass is 35.5. The minimum absolute atomic E-state index is 0.0793. The third-order valence-corrected chi connectivity index (χ3v) is 1.83. The number of benzene rings is 1. The van der Waals surface area contributed by atoms with E-state index in [1.54, 1.807) is 19.1 Å². The van der Waals surface area contributed by atoms with E-state index in [-0.39, 0.29) is 5.02 Å². The number of nitrogens with one attached hydrogen (secondary N) is 1. The van der Waals surface area contributed by atoms with Crippen molar-refractivity contribution in [1.82, 2.24) is 0 Å². The zero-order valence-electron chi connectivity index (χ0n) is 7.22. The lowest BCUT2D eigenvalue weighted by molar-refractivity contribution is 0.208. The van der Waals surface area contributed by atoms with E-state index in [0.717, 1.165) is 0 Å². The summed E-state index contributed by atoms with van der Waals surface area (Å²) in [7, 11) is 0. The molecule has 0 unspecified atom stereocenters. The average Bonchev–Trinajstić information content (AvgIpc) is 2.07. The summed E-state index contributed by atoms with van der Waals surface area (Å²) in [5, 5.41) is 11.8. The van der Waals surface area contributed by atoms with Gasteiger partial charge in [-0.3, -0.25) is 0 Å². The molecule has 0 saturated carbocycles. The molecule has 4 heteroatoms. The first-order valence-corrected chi connectivity index (χ1v) is 4.35. The van der Waals surface area contributed by atoms with Crippen LogP contribution in [0.3, 0.4) is 0 Å². The minimum Gasteiger partial charge on any atom is -0.392 e. The third kappa shape index (κ3) is 2.86. The van der Waals surface area contributed by atoms with Gasteiger partial charge in [0.05, 0.1) is 16.8 Å². The Bertz CT molecular complexity index is 291. The third-order valence-electron chi connectivity index (χ3n) is 1.54. The van der Waals surface area contributed by atoms with Crippen LogP contribution < -0.4 is 5.32 Å². The molecule has 0 fully saturated rings. The van der Waals surface area contributed by atoms with E-state index >= 15 is 0 Å². The van der Waals surface area contributed by atoms with Gasteiger partial charge in [-0.05, 0) is 19.1 Å². The van der Waals surface area contributed by atoms with Crippen LogP contribution in [0.5, 0.6) is 0 Å². The summed E-state index contributed by atoms with van der Waals surface area (Å²) in [6.45, 7) is 1.92. The van der Waals surface area contributed by atoms with Crippen molar-refractivity contribution in [2.45, 2.75) is 13.0 Å². The summed E-state index contributed by atoms with van der Waals surface area (Å²) in [5.74, 6) is -0.482. The zero-order valence-corrected chi connectivity index (χ0v) is 7.98. The lowest BCUT2D eigenvalue weighted by Gasteiger charge is -2.09. The highest BCUT2D eigenvalue weighted by Gasteiger charge is 2.05. The molecule has 0 amide bonds. The quantitative estimate of drug-likeness (QED) is 0.790. The number of aliphatic hydroxyl groups is 1. The molecule has 2 N–H and O–H groups in total. The maximum atomic E-state index is 13.2. The van der Waals surface area contributed by atoms with Crippen LogP contribution in [0.1, 0.15) is 6.92 Å². The van der Waals surface area contributed by atoms with Gasteiger partial charge in [0.2, 0.25) is 0 Å². The molecule has 0 spiro atoms. The monoisotopic (exact) mass is 203 g/mol. The van der Waals surface area contributed by atoms with Crippen molar-refractivity contribution in [2.75, 3.05) is 11.9 Å². The Morgan fingerprint density at radius 2 is 2.31 bits per heavy atom. The van der Waals surface area contributed by atoms with E-state index < -0.39 is 11.9 Å². The molecule has 0 aliphatic rings. The van der Waals surface area contributed by atoms with Crippen molar-refractivity contribution in [3.8, 4) is 0 Å². The molecule has 13 heavy (non-hydrogen) atoms. The van der Waals surface area contributed by atoms with Gasteiger partial charge < -0.3 is 10.4 Å². The smallest absolute Gasteiger partial charge is 0.164 e. The average molecular weight is 204 g/mol. The van der Waals surface area contributed by atoms with Gasteiger partial charge in [-0.15, -0.1) is 0 Å². The van der Waals surface area contributed by atoms with Gasteiger partial charge in [0.1, 0.15) is 0 Å².